The SMILES string of the molecule is CCCN1C(=O)c2c(C(=O)NCc3ccc(C)cc3)ncn2C[C@@]1(C)C(=O)NCc1ccc(OC)cc1. The van der Waals surface area contributed by atoms with Crippen molar-refractivity contribution in [1.29, 1.82) is 0 Å². The standard InChI is InChI=1S/C28H33N5O4/c1-5-14-33-26(35)24-23(25(34)29-15-20-8-6-19(2)7-9-20)31-18-32(24)17-28(33,3)27(36)30-16-21-10-12-22(37-4)13-11-21/h6-13,18H,5,14-17H2,1-4H3,(H,29,34)(H,30,36)/t28-/m0/s1. The molecule has 1 aromatic heterocycles. The van der Waals surface area contributed by atoms with Gasteiger partial charge in [-0.1, -0.05) is 48.9 Å². The van der Waals surface area contributed by atoms with Crippen molar-refractivity contribution in [2.75, 3.05) is 13.7 Å². The fourth-order valence-electron chi connectivity index (χ4n) is 4.52. The van der Waals surface area contributed by atoms with Crippen LogP contribution in [-0.4, -0.2) is 51.4 Å². The van der Waals surface area contributed by atoms with Gasteiger partial charge in [-0.15, -0.1) is 0 Å². The molecule has 1 atom stereocenters. The highest BCUT2D eigenvalue weighted by Crippen LogP contribution is 2.29. The zero-order valence-electron chi connectivity index (χ0n) is 21.7. The molecule has 3 amide bonds. The fraction of sp³-hybridized carbons (Fsp3) is 0.357. The Bertz CT molecular complexity index is 1280. The van der Waals surface area contributed by atoms with Crippen LogP contribution in [0.25, 0.3) is 0 Å². The summed E-state index contributed by atoms with van der Waals surface area (Å²) in [4.78, 5) is 45.9. The molecule has 3 aromatic rings. The van der Waals surface area contributed by atoms with Crippen LogP contribution in [0.5, 0.6) is 5.75 Å². The summed E-state index contributed by atoms with van der Waals surface area (Å²) in [5.41, 5.74) is 2.14. The second-order valence-electron chi connectivity index (χ2n) is 9.50. The van der Waals surface area contributed by atoms with E-state index in [0.29, 0.717) is 26.1 Å². The molecular formula is C28H33N5O4. The predicted octanol–water partition coefficient (Wildman–Crippen LogP) is 3.07. The minimum atomic E-state index is -1.14. The van der Waals surface area contributed by atoms with Gasteiger partial charge in [0.15, 0.2) is 5.69 Å². The molecule has 2 N–H and O–H groups in total. The maximum Gasteiger partial charge on any atom is 0.273 e. The van der Waals surface area contributed by atoms with Crippen LogP contribution in [0.3, 0.4) is 0 Å². The number of aryl methyl sites for hydroxylation is 1. The van der Waals surface area contributed by atoms with Gasteiger partial charge < -0.3 is 24.8 Å². The first-order valence-corrected chi connectivity index (χ1v) is 12.4. The van der Waals surface area contributed by atoms with Crippen LogP contribution < -0.4 is 15.4 Å². The van der Waals surface area contributed by atoms with Gasteiger partial charge in [0, 0.05) is 19.6 Å². The smallest absolute Gasteiger partial charge is 0.273 e. The summed E-state index contributed by atoms with van der Waals surface area (Å²) in [5.74, 6) is -0.338. The number of rotatable bonds is 9. The summed E-state index contributed by atoms with van der Waals surface area (Å²) in [6, 6.07) is 15.3. The first kappa shape index (κ1) is 25.9. The molecule has 0 bridgehead atoms. The number of nitrogens with one attached hydrogen (secondary N) is 2. The van der Waals surface area contributed by atoms with Crippen molar-refractivity contribution in [2.45, 2.75) is 52.4 Å². The van der Waals surface area contributed by atoms with Gasteiger partial charge in [-0.25, -0.2) is 4.98 Å². The van der Waals surface area contributed by atoms with E-state index in [9.17, 15) is 14.4 Å². The van der Waals surface area contributed by atoms with Crippen LogP contribution in [0, 0.1) is 6.92 Å². The van der Waals surface area contributed by atoms with Gasteiger partial charge in [0.1, 0.15) is 17.0 Å². The zero-order chi connectivity index (χ0) is 26.6. The Morgan fingerprint density at radius 2 is 1.65 bits per heavy atom. The molecule has 0 aliphatic carbocycles. The van der Waals surface area contributed by atoms with Crippen molar-refractivity contribution in [2.24, 2.45) is 0 Å². The second-order valence-corrected chi connectivity index (χ2v) is 9.50. The quantitative estimate of drug-likeness (QED) is 0.467. The lowest BCUT2D eigenvalue weighted by atomic mass is 9.93. The summed E-state index contributed by atoms with van der Waals surface area (Å²) in [6.07, 6.45) is 2.13. The molecule has 0 spiro atoms. The number of imidazole rings is 1. The number of hydrogen-bond donors (Lipinski definition) is 2. The topological polar surface area (TPSA) is 106 Å². The van der Waals surface area contributed by atoms with Crippen LogP contribution in [0.2, 0.25) is 0 Å². The Morgan fingerprint density at radius 3 is 2.27 bits per heavy atom. The molecule has 0 saturated carbocycles. The molecule has 1 aliphatic heterocycles. The number of carbonyl (C=O) groups is 3. The summed E-state index contributed by atoms with van der Waals surface area (Å²) in [6.45, 7) is 6.91. The second kappa shape index (κ2) is 10.9. The molecule has 0 radical (unpaired) electrons. The van der Waals surface area contributed by atoms with Gasteiger partial charge >= 0.3 is 0 Å². The highest BCUT2D eigenvalue weighted by molar-refractivity contribution is 6.07. The van der Waals surface area contributed by atoms with E-state index in [2.05, 4.69) is 15.6 Å². The maximum atomic E-state index is 13.7. The Balaban J connectivity index is 1.51. The summed E-state index contributed by atoms with van der Waals surface area (Å²) in [5, 5.41) is 5.83. The maximum absolute atomic E-state index is 13.7. The number of aromatic nitrogens is 2. The van der Waals surface area contributed by atoms with Gasteiger partial charge in [0.05, 0.1) is 20.0 Å². The molecular weight excluding hydrogens is 470 g/mol. The van der Waals surface area contributed by atoms with E-state index >= 15 is 0 Å². The average molecular weight is 504 g/mol. The molecule has 37 heavy (non-hydrogen) atoms. The molecule has 0 unspecified atom stereocenters. The molecule has 9 heteroatoms. The number of hydrogen-bond acceptors (Lipinski definition) is 5. The van der Waals surface area contributed by atoms with E-state index in [1.807, 2.05) is 62.4 Å². The minimum Gasteiger partial charge on any atom is -0.497 e. The Hall–Kier alpha value is -4.14. The van der Waals surface area contributed by atoms with Crippen molar-refractivity contribution < 1.29 is 19.1 Å². The number of benzene rings is 2. The highest BCUT2D eigenvalue weighted by Gasteiger charge is 2.48. The van der Waals surface area contributed by atoms with E-state index < -0.39 is 11.4 Å². The van der Waals surface area contributed by atoms with Crippen molar-refractivity contribution in [3.63, 3.8) is 0 Å². The van der Waals surface area contributed by atoms with Crippen LogP contribution in [0.15, 0.2) is 54.9 Å². The Morgan fingerprint density at radius 1 is 1.03 bits per heavy atom. The number of carbonyl (C=O) groups excluding carboxylic acids is 3. The molecule has 194 valence electrons. The van der Waals surface area contributed by atoms with Crippen molar-refractivity contribution in [1.82, 2.24) is 25.1 Å². The molecule has 0 fully saturated rings. The number of fused-ring (bicyclic) bond motifs is 1. The third-order valence-electron chi connectivity index (χ3n) is 6.70. The van der Waals surface area contributed by atoms with E-state index in [0.717, 1.165) is 22.4 Å². The minimum absolute atomic E-state index is 0.0684. The van der Waals surface area contributed by atoms with Crippen LogP contribution >= 0.6 is 0 Å². The highest BCUT2D eigenvalue weighted by atomic mass is 16.5. The molecule has 1 aliphatic rings. The van der Waals surface area contributed by atoms with Gasteiger partial charge in [-0.2, -0.15) is 0 Å². The number of ether oxygens (including phenoxy) is 1. The van der Waals surface area contributed by atoms with Gasteiger partial charge in [-0.05, 0) is 43.5 Å². The average Bonchev–Trinajstić information content (AvgIpc) is 3.33. The monoisotopic (exact) mass is 503 g/mol. The number of nitrogens with zero attached hydrogens (tertiary/aromatic N) is 3. The molecule has 9 nitrogen and oxygen atoms in total. The molecule has 0 saturated heterocycles. The van der Waals surface area contributed by atoms with Crippen molar-refractivity contribution >= 4 is 17.7 Å². The third kappa shape index (κ3) is 5.35. The summed E-state index contributed by atoms with van der Waals surface area (Å²) in [7, 11) is 1.60. The fourth-order valence-corrected chi connectivity index (χ4v) is 4.52. The van der Waals surface area contributed by atoms with Gasteiger partial charge in [-0.3, -0.25) is 14.4 Å². The summed E-state index contributed by atoms with van der Waals surface area (Å²) >= 11 is 0. The van der Waals surface area contributed by atoms with E-state index in [1.165, 1.54) is 6.33 Å². The first-order chi connectivity index (χ1) is 17.8. The normalized spacial score (nSPS) is 16.8. The van der Waals surface area contributed by atoms with E-state index in [4.69, 9.17) is 4.74 Å². The number of amides is 3. The Labute approximate surface area is 216 Å². The van der Waals surface area contributed by atoms with Crippen LogP contribution in [-0.2, 0) is 24.4 Å². The third-order valence-corrected chi connectivity index (χ3v) is 6.70. The van der Waals surface area contributed by atoms with Gasteiger partial charge in [0.2, 0.25) is 5.91 Å². The van der Waals surface area contributed by atoms with Gasteiger partial charge in [0.25, 0.3) is 11.8 Å². The number of methoxy groups -OCH3 is 1. The van der Waals surface area contributed by atoms with Crippen molar-refractivity contribution in [3.05, 3.63) is 82.9 Å². The largest absolute Gasteiger partial charge is 0.497 e. The summed E-state index contributed by atoms with van der Waals surface area (Å²) < 4.78 is 6.80. The molecule has 2 heterocycles. The lowest BCUT2D eigenvalue weighted by molar-refractivity contribution is -0.133. The lowest BCUT2D eigenvalue weighted by Crippen LogP contribution is -2.64. The molecule has 4 rings (SSSR count). The van der Waals surface area contributed by atoms with Crippen LogP contribution in [0.1, 0.15) is 57.9 Å². The Kier molecular flexibility index (Phi) is 7.61. The van der Waals surface area contributed by atoms with E-state index in [-0.39, 0.29) is 29.7 Å². The lowest BCUT2D eigenvalue weighted by Gasteiger charge is -2.43. The van der Waals surface area contributed by atoms with E-state index in [1.54, 1.807) is 23.5 Å². The van der Waals surface area contributed by atoms with Crippen molar-refractivity contribution in [3.8, 4) is 5.75 Å². The molecule has 2 aromatic carbocycles. The zero-order valence-corrected chi connectivity index (χ0v) is 21.7. The van der Waals surface area contributed by atoms with Crippen LogP contribution in [0.4, 0.5) is 0 Å². The predicted molar refractivity (Wildman–Crippen MR) is 139 cm³/mol. The first-order valence-electron chi connectivity index (χ1n) is 12.4.